The molecule has 0 rings (SSSR count). The maximum Gasteiger partial charge on any atom is 0.317 e. The molecule has 0 bridgehead atoms. The fraction of sp³-hybridized carbons (Fsp3) is 0.895. The van der Waals surface area contributed by atoms with Crippen LogP contribution < -0.4 is 0 Å². The van der Waals surface area contributed by atoms with Crippen molar-refractivity contribution in [3.63, 3.8) is 0 Å². The van der Waals surface area contributed by atoms with E-state index in [-0.39, 0.29) is 6.42 Å². The molecule has 0 N–H and O–H groups in total. The van der Waals surface area contributed by atoms with E-state index in [4.69, 9.17) is 9.47 Å². The molecule has 136 valence electrons. The highest BCUT2D eigenvalue weighted by atomic mass is 16.6. The van der Waals surface area contributed by atoms with Gasteiger partial charge in [-0.25, -0.2) is 0 Å². The van der Waals surface area contributed by atoms with Gasteiger partial charge >= 0.3 is 11.9 Å². The first-order valence-electron chi connectivity index (χ1n) is 8.76. The summed E-state index contributed by atoms with van der Waals surface area (Å²) in [6.07, 6.45) is 3.20. The molecule has 4 heteroatoms. The number of hydrogen-bond donors (Lipinski definition) is 0. The molecule has 0 heterocycles. The molecule has 4 nitrogen and oxygen atoms in total. The molecule has 0 amide bonds. The van der Waals surface area contributed by atoms with Crippen molar-refractivity contribution in [2.75, 3.05) is 0 Å². The van der Waals surface area contributed by atoms with Gasteiger partial charge in [-0.15, -0.1) is 0 Å². The van der Waals surface area contributed by atoms with Gasteiger partial charge in [-0.3, -0.25) is 9.59 Å². The van der Waals surface area contributed by atoms with Crippen molar-refractivity contribution in [2.45, 2.75) is 98.7 Å². The third-order valence-electron chi connectivity index (χ3n) is 3.72. The second-order valence-electron chi connectivity index (χ2n) is 8.51. The number of carbonyl (C=O) groups excluding carboxylic acids is 2. The van der Waals surface area contributed by atoms with Crippen LogP contribution in [0.3, 0.4) is 0 Å². The summed E-state index contributed by atoms with van der Waals surface area (Å²) in [5, 5.41) is 0. The highest BCUT2D eigenvalue weighted by molar-refractivity contribution is 5.91. The summed E-state index contributed by atoms with van der Waals surface area (Å²) in [6.45, 7) is 16.1. The summed E-state index contributed by atoms with van der Waals surface area (Å²) in [4.78, 5) is 23.9. The van der Waals surface area contributed by atoms with Crippen molar-refractivity contribution in [3.05, 3.63) is 0 Å². The Morgan fingerprint density at radius 2 is 1.04 bits per heavy atom. The lowest BCUT2D eigenvalue weighted by Gasteiger charge is -2.27. The van der Waals surface area contributed by atoms with Gasteiger partial charge in [-0.1, -0.05) is 27.7 Å². The van der Waals surface area contributed by atoms with E-state index in [1.807, 2.05) is 27.7 Å². The summed E-state index contributed by atoms with van der Waals surface area (Å²) < 4.78 is 10.9. The maximum atomic E-state index is 11.9. The van der Waals surface area contributed by atoms with Crippen LogP contribution in [-0.2, 0) is 19.1 Å². The highest BCUT2D eigenvalue weighted by Crippen LogP contribution is 2.23. The Balaban J connectivity index is 4.31. The Morgan fingerprint density at radius 3 is 1.30 bits per heavy atom. The number of rotatable bonds is 10. The zero-order chi connectivity index (χ0) is 18.3. The molecule has 0 aliphatic rings. The fourth-order valence-electron chi connectivity index (χ4n) is 2.18. The molecule has 0 aliphatic heterocycles. The van der Waals surface area contributed by atoms with Crippen LogP contribution in [0.2, 0.25) is 0 Å². The molecule has 0 radical (unpaired) electrons. The second-order valence-corrected chi connectivity index (χ2v) is 8.51. The molecular weight excluding hydrogens is 292 g/mol. The minimum Gasteiger partial charge on any atom is -0.459 e. The predicted molar refractivity (Wildman–Crippen MR) is 93.1 cm³/mol. The smallest absolute Gasteiger partial charge is 0.317 e. The molecule has 0 aromatic heterocycles. The molecular formula is C19H36O4. The van der Waals surface area contributed by atoms with Crippen molar-refractivity contribution >= 4 is 11.9 Å². The summed E-state index contributed by atoms with van der Waals surface area (Å²) in [6, 6.07) is 0. The van der Waals surface area contributed by atoms with Crippen molar-refractivity contribution in [3.8, 4) is 0 Å². The SMILES string of the molecule is CC(C)CCC(C)(C)OC(=O)CC(=O)OC(C)(C)CCC(C)C. The molecule has 0 aromatic rings. The zero-order valence-corrected chi connectivity index (χ0v) is 16.3. The van der Waals surface area contributed by atoms with E-state index in [1.54, 1.807) is 0 Å². The lowest BCUT2D eigenvalue weighted by molar-refractivity contribution is -0.168. The van der Waals surface area contributed by atoms with Crippen LogP contribution in [0.15, 0.2) is 0 Å². The largest absolute Gasteiger partial charge is 0.459 e. The van der Waals surface area contributed by atoms with E-state index in [0.717, 1.165) is 25.7 Å². The first-order valence-corrected chi connectivity index (χ1v) is 8.76. The normalized spacial score (nSPS) is 12.6. The van der Waals surface area contributed by atoms with E-state index in [2.05, 4.69) is 27.7 Å². The lowest BCUT2D eigenvalue weighted by atomic mass is 9.97. The minimum absolute atomic E-state index is 0.323. The number of hydrogen-bond acceptors (Lipinski definition) is 4. The van der Waals surface area contributed by atoms with Crippen molar-refractivity contribution in [2.24, 2.45) is 11.8 Å². The van der Waals surface area contributed by atoms with E-state index in [1.165, 1.54) is 0 Å². The Labute approximate surface area is 142 Å². The third kappa shape index (κ3) is 12.1. The Kier molecular flexibility index (Phi) is 8.86. The minimum atomic E-state index is -0.547. The van der Waals surface area contributed by atoms with E-state index < -0.39 is 23.1 Å². The van der Waals surface area contributed by atoms with Gasteiger partial charge in [0.25, 0.3) is 0 Å². The predicted octanol–water partition coefficient (Wildman–Crippen LogP) is 4.89. The Hall–Kier alpha value is -1.06. The Bertz CT molecular complexity index is 345. The van der Waals surface area contributed by atoms with E-state index in [9.17, 15) is 9.59 Å². The standard InChI is InChI=1S/C19H36O4/c1-14(2)9-11-18(5,6)22-16(20)13-17(21)23-19(7,8)12-10-15(3)4/h14-15H,9-13H2,1-8H3. The molecule has 0 spiro atoms. The monoisotopic (exact) mass is 328 g/mol. The number of carbonyl (C=O) groups is 2. The molecule has 0 aromatic carbocycles. The van der Waals surface area contributed by atoms with Gasteiger partial charge in [-0.2, -0.15) is 0 Å². The first kappa shape index (κ1) is 21.9. The van der Waals surface area contributed by atoms with Crippen LogP contribution >= 0.6 is 0 Å². The quantitative estimate of drug-likeness (QED) is 0.423. The molecule has 0 saturated carbocycles. The van der Waals surface area contributed by atoms with Crippen LogP contribution in [0, 0.1) is 11.8 Å². The van der Waals surface area contributed by atoms with Crippen LogP contribution in [-0.4, -0.2) is 23.1 Å². The zero-order valence-electron chi connectivity index (χ0n) is 16.3. The van der Waals surface area contributed by atoms with Gasteiger partial charge in [-0.05, 0) is 65.2 Å². The maximum absolute atomic E-state index is 11.9. The van der Waals surface area contributed by atoms with Crippen LogP contribution in [0.5, 0.6) is 0 Å². The van der Waals surface area contributed by atoms with E-state index >= 15 is 0 Å². The van der Waals surface area contributed by atoms with Crippen molar-refractivity contribution in [1.82, 2.24) is 0 Å². The third-order valence-corrected chi connectivity index (χ3v) is 3.72. The average molecular weight is 328 g/mol. The molecule has 0 atom stereocenters. The van der Waals surface area contributed by atoms with E-state index in [0.29, 0.717) is 11.8 Å². The second kappa shape index (κ2) is 9.29. The van der Waals surface area contributed by atoms with Crippen molar-refractivity contribution in [1.29, 1.82) is 0 Å². The number of ether oxygens (including phenoxy) is 2. The molecule has 0 fully saturated rings. The van der Waals surface area contributed by atoms with Gasteiger partial charge in [0, 0.05) is 0 Å². The molecule has 23 heavy (non-hydrogen) atoms. The molecule has 0 unspecified atom stereocenters. The van der Waals surface area contributed by atoms with Crippen molar-refractivity contribution < 1.29 is 19.1 Å². The van der Waals surface area contributed by atoms with Gasteiger partial charge < -0.3 is 9.47 Å². The molecule has 0 aliphatic carbocycles. The summed E-state index contributed by atoms with van der Waals surface area (Å²) in [5.74, 6) is 0.0891. The van der Waals surface area contributed by atoms with Crippen LogP contribution in [0.4, 0.5) is 0 Å². The van der Waals surface area contributed by atoms with Gasteiger partial charge in [0.2, 0.25) is 0 Å². The summed E-state index contributed by atoms with van der Waals surface area (Å²) >= 11 is 0. The van der Waals surface area contributed by atoms with Gasteiger partial charge in [0.15, 0.2) is 0 Å². The first-order chi connectivity index (χ1) is 10.3. The van der Waals surface area contributed by atoms with Gasteiger partial charge in [0.05, 0.1) is 0 Å². The van der Waals surface area contributed by atoms with Crippen LogP contribution in [0.25, 0.3) is 0 Å². The fourth-order valence-corrected chi connectivity index (χ4v) is 2.18. The summed E-state index contributed by atoms with van der Waals surface area (Å²) in [7, 11) is 0. The topological polar surface area (TPSA) is 52.6 Å². The summed E-state index contributed by atoms with van der Waals surface area (Å²) in [5.41, 5.74) is -1.09. The van der Waals surface area contributed by atoms with Gasteiger partial charge in [0.1, 0.15) is 17.6 Å². The lowest BCUT2D eigenvalue weighted by Crippen LogP contribution is -2.32. The highest BCUT2D eigenvalue weighted by Gasteiger charge is 2.28. The average Bonchev–Trinajstić information content (AvgIpc) is 2.32. The number of esters is 2. The Morgan fingerprint density at radius 1 is 0.739 bits per heavy atom. The van der Waals surface area contributed by atoms with Crippen LogP contribution in [0.1, 0.15) is 87.5 Å². The molecule has 0 saturated heterocycles.